The van der Waals surface area contributed by atoms with Gasteiger partial charge in [-0.3, -0.25) is 0 Å². The zero-order chi connectivity index (χ0) is 16.5. The molecule has 0 aromatic heterocycles. The van der Waals surface area contributed by atoms with E-state index in [0.29, 0.717) is 12.5 Å². The molecule has 2 aromatic carbocycles. The molecule has 0 saturated heterocycles. The van der Waals surface area contributed by atoms with Crippen molar-refractivity contribution in [2.24, 2.45) is 5.92 Å². The van der Waals surface area contributed by atoms with Crippen molar-refractivity contribution in [1.82, 2.24) is 5.32 Å². The van der Waals surface area contributed by atoms with E-state index in [2.05, 4.69) is 37.4 Å². The van der Waals surface area contributed by atoms with Crippen LogP contribution in [0.1, 0.15) is 31.4 Å². The molecule has 0 saturated carbocycles. The number of rotatable bonds is 9. The third-order valence-electron chi connectivity index (χ3n) is 3.72. The van der Waals surface area contributed by atoms with Crippen LogP contribution in [0.3, 0.4) is 0 Å². The predicted octanol–water partition coefficient (Wildman–Crippen LogP) is 4.41. The minimum Gasteiger partial charge on any atom is -0.493 e. The summed E-state index contributed by atoms with van der Waals surface area (Å²) in [5, 5.41) is 3.49. The normalized spacial score (nSPS) is 10.8. The second kappa shape index (κ2) is 9.21. The van der Waals surface area contributed by atoms with Gasteiger partial charge in [0.1, 0.15) is 6.61 Å². The molecule has 0 fully saturated rings. The summed E-state index contributed by atoms with van der Waals surface area (Å²) in [6, 6.07) is 16.2. The predicted molar refractivity (Wildman–Crippen MR) is 94.9 cm³/mol. The van der Waals surface area contributed by atoms with Crippen molar-refractivity contribution in [3.63, 3.8) is 0 Å². The van der Waals surface area contributed by atoms with Crippen LogP contribution in [0.2, 0.25) is 0 Å². The maximum atomic E-state index is 6.06. The van der Waals surface area contributed by atoms with Crippen molar-refractivity contribution in [3.05, 3.63) is 59.7 Å². The highest BCUT2D eigenvalue weighted by atomic mass is 16.5. The van der Waals surface area contributed by atoms with Gasteiger partial charge in [0.25, 0.3) is 0 Å². The van der Waals surface area contributed by atoms with Gasteiger partial charge in [-0.2, -0.15) is 0 Å². The molecule has 0 aliphatic rings. The first kappa shape index (κ1) is 17.4. The standard InChI is InChI=1S/C20H27NO2/c1-16(2)12-13-21-14-18-10-7-11-19(22-3)20(18)23-15-17-8-5-4-6-9-17/h4-11,16,21H,12-15H2,1-3H3. The minimum absolute atomic E-state index is 0.542. The van der Waals surface area contributed by atoms with Gasteiger partial charge in [-0.1, -0.05) is 56.3 Å². The first-order chi connectivity index (χ1) is 11.2. The fraction of sp³-hybridized carbons (Fsp3) is 0.400. The van der Waals surface area contributed by atoms with E-state index >= 15 is 0 Å². The molecule has 0 heterocycles. The largest absolute Gasteiger partial charge is 0.493 e. The molecule has 124 valence electrons. The van der Waals surface area contributed by atoms with Gasteiger partial charge in [-0.25, -0.2) is 0 Å². The molecule has 0 amide bonds. The molecule has 3 heteroatoms. The second-order valence-electron chi connectivity index (χ2n) is 6.08. The molecule has 23 heavy (non-hydrogen) atoms. The molecule has 2 aromatic rings. The van der Waals surface area contributed by atoms with Crippen LogP contribution < -0.4 is 14.8 Å². The molecule has 0 radical (unpaired) electrons. The van der Waals surface area contributed by atoms with Crippen molar-refractivity contribution >= 4 is 0 Å². The molecular formula is C20H27NO2. The topological polar surface area (TPSA) is 30.5 Å². The molecule has 1 N–H and O–H groups in total. The lowest BCUT2D eigenvalue weighted by atomic mass is 10.1. The van der Waals surface area contributed by atoms with Crippen LogP contribution in [0.15, 0.2) is 48.5 Å². The molecule has 3 nitrogen and oxygen atoms in total. The van der Waals surface area contributed by atoms with Gasteiger partial charge in [-0.15, -0.1) is 0 Å². The molecule has 0 atom stereocenters. The van der Waals surface area contributed by atoms with Crippen molar-refractivity contribution in [2.75, 3.05) is 13.7 Å². The number of benzene rings is 2. The average molecular weight is 313 g/mol. The van der Waals surface area contributed by atoms with Crippen LogP contribution in [0.25, 0.3) is 0 Å². The highest BCUT2D eigenvalue weighted by Gasteiger charge is 2.10. The van der Waals surface area contributed by atoms with Crippen LogP contribution in [-0.4, -0.2) is 13.7 Å². The van der Waals surface area contributed by atoms with Crippen molar-refractivity contribution in [1.29, 1.82) is 0 Å². The lowest BCUT2D eigenvalue weighted by Gasteiger charge is -2.16. The summed E-state index contributed by atoms with van der Waals surface area (Å²) < 4.78 is 11.5. The van der Waals surface area contributed by atoms with Crippen LogP contribution in [-0.2, 0) is 13.2 Å². The number of ether oxygens (including phenoxy) is 2. The molecule has 2 rings (SSSR count). The van der Waals surface area contributed by atoms with E-state index in [0.717, 1.165) is 35.7 Å². The lowest BCUT2D eigenvalue weighted by molar-refractivity contribution is 0.280. The number of hydrogen-bond acceptors (Lipinski definition) is 3. The Kier molecular flexibility index (Phi) is 6.95. The summed E-state index contributed by atoms with van der Waals surface area (Å²) in [5.74, 6) is 2.32. The van der Waals surface area contributed by atoms with Gasteiger partial charge < -0.3 is 14.8 Å². The minimum atomic E-state index is 0.542. The van der Waals surface area contributed by atoms with Gasteiger partial charge in [-0.05, 0) is 30.5 Å². The number of methoxy groups -OCH3 is 1. The highest BCUT2D eigenvalue weighted by molar-refractivity contribution is 5.46. The van der Waals surface area contributed by atoms with E-state index < -0.39 is 0 Å². The van der Waals surface area contributed by atoms with E-state index in [4.69, 9.17) is 9.47 Å². The van der Waals surface area contributed by atoms with E-state index in [-0.39, 0.29) is 0 Å². The third kappa shape index (κ3) is 5.61. The summed E-state index contributed by atoms with van der Waals surface area (Å²) in [6.07, 6.45) is 1.17. The molecule has 0 aliphatic carbocycles. The Balaban J connectivity index is 2.03. The fourth-order valence-corrected chi connectivity index (χ4v) is 2.37. The number of nitrogens with one attached hydrogen (secondary N) is 1. The molecule has 0 bridgehead atoms. The summed E-state index contributed by atoms with van der Waals surface area (Å²) in [6.45, 7) is 6.81. The Morgan fingerprint density at radius 2 is 1.78 bits per heavy atom. The molecule has 0 spiro atoms. The zero-order valence-corrected chi connectivity index (χ0v) is 14.3. The van der Waals surface area contributed by atoms with Crippen molar-refractivity contribution in [3.8, 4) is 11.5 Å². The highest BCUT2D eigenvalue weighted by Crippen LogP contribution is 2.31. The van der Waals surface area contributed by atoms with Crippen LogP contribution >= 0.6 is 0 Å². The lowest BCUT2D eigenvalue weighted by Crippen LogP contribution is -2.17. The van der Waals surface area contributed by atoms with Crippen LogP contribution in [0.4, 0.5) is 0 Å². The molecule has 0 aliphatic heterocycles. The van der Waals surface area contributed by atoms with Crippen molar-refractivity contribution in [2.45, 2.75) is 33.4 Å². The summed E-state index contributed by atoms with van der Waals surface area (Å²) in [7, 11) is 1.68. The van der Waals surface area contributed by atoms with E-state index in [1.54, 1.807) is 7.11 Å². The third-order valence-corrected chi connectivity index (χ3v) is 3.72. The molecular weight excluding hydrogens is 286 g/mol. The Labute approximate surface area is 139 Å². The first-order valence-corrected chi connectivity index (χ1v) is 8.24. The van der Waals surface area contributed by atoms with Gasteiger partial charge in [0.05, 0.1) is 7.11 Å². The Morgan fingerprint density at radius 1 is 1.00 bits per heavy atom. The van der Waals surface area contributed by atoms with Crippen LogP contribution in [0.5, 0.6) is 11.5 Å². The van der Waals surface area contributed by atoms with E-state index in [1.165, 1.54) is 6.42 Å². The van der Waals surface area contributed by atoms with Crippen LogP contribution in [0, 0.1) is 5.92 Å². The Bertz CT molecular complexity index is 581. The zero-order valence-electron chi connectivity index (χ0n) is 14.3. The smallest absolute Gasteiger partial charge is 0.166 e. The summed E-state index contributed by atoms with van der Waals surface area (Å²) in [4.78, 5) is 0. The summed E-state index contributed by atoms with van der Waals surface area (Å²) in [5.41, 5.74) is 2.28. The average Bonchev–Trinajstić information content (AvgIpc) is 2.57. The maximum Gasteiger partial charge on any atom is 0.166 e. The van der Waals surface area contributed by atoms with E-state index in [1.807, 2.05) is 30.3 Å². The monoisotopic (exact) mass is 313 g/mol. The quantitative estimate of drug-likeness (QED) is 0.696. The Hall–Kier alpha value is -2.00. The van der Waals surface area contributed by atoms with Gasteiger partial charge in [0, 0.05) is 12.1 Å². The van der Waals surface area contributed by atoms with Gasteiger partial charge in [0.2, 0.25) is 0 Å². The van der Waals surface area contributed by atoms with Crippen molar-refractivity contribution < 1.29 is 9.47 Å². The maximum absolute atomic E-state index is 6.06. The van der Waals surface area contributed by atoms with Gasteiger partial charge in [0.15, 0.2) is 11.5 Å². The van der Waals surface area contributed by atoms with E-state index in [9.17, 15) is 0 Å². The SMILES string of the molecule is COc1cccc(CNCCC(C)C)c1OCc1ccccc1. The number of para-hydroxylation sites is 1. The molecule has 0 unspecified atom stereocenters. The Morgan fingerprint density at radius 3 is 2.48 bits per heavy atom. The van der Waals surface area contributed by atoms with Gasteiger partial charge >= 0.3 is 0 Å². The first-order valence-electron chi connectivity index (χ1n) is 8.24. The number of hydrogen-bond donors (Lipinski definition) is 1. The fourth-order valence-electron chi connectivity index (χ4n) is 2.37. The second-order valence-corrected chi connectivity index (χ2v) is 6.08. The summed E-state index contributed by atoms with van der Waals surface area (Å²) >= 11 is 0.